The lowest BCUT2D eigenvalue weighted by molar-refractivity contribution is -0.138. The van der Waals surface area contributed by atoms with Crippen LogP contribution in [0, 0.1) is 0 Å². The third-order valence-electron chi connectivity index (χ3n) is 5.88. The van der Waals surface area contributed by atoms with Gasteiger partial charge in [-0.1, -0.05) is 26.8 Å². The molecule has 4 rings (SSSR count). The monoisotopic (exact) mass is 556 g/mol. The van der Waals surface area contributed by atoms with Gasteiger partial charge in [-0.2, -0.15) is 5.10 Å². The second kappa shape index (κ2) is 12.8. The lowest BCUT2D eigenvalue weighted by Gasteiger charge is -2.14. The number of aliphatic carboxylic acids is 1. The zero-order valence-corrected chi connectivity index (χ0v) is 23.0. The highest BCUT2D eigenvalue weighted by Crippen LogP contribution is 2.27. The van der Waals surface area contributed by atoms with Crippen molar-refractivity contribution in [2.45, 2.75) is 39.0 Å². The summed E-state index contributed by atoms with van der Waals surface area (Å²) < 4.78 is 7.38. The number of amides is 2. The van der Waals surface area contributed by atoms with Gasteiger partial charge in [-0.25, -0.2) is 4.68 Å². The highest BCUT2D eigenvalue weighted by atomic mass is 16.5. The first-order valence-electron chi connectivity index (χ1n) is 13.0. The number of pyridine rings is 1. The lowest BCUT2D eigenvalue weighted by Crippen LogP contribution is -2.23. The largest absolute Gasteiger partial charge is 0.481 e. The van der Waals surface area contributed by atoms with E-state index in [1.54, 1.807) is 65.6 Å². The Balaban J connectivity index is 1.43. The van der Waals surface area contributed by atoms with E-state index in [2.05, 4.69) is 20.9 Å². The van der Waals surface area contributed by atoms with E-state index >= 15 is 0 Å². The first kappa shape index (κ1) is 28.8. The van der Waals surface area contributed by atoms with E-state index in [4.69, 9.17) is 14.9 Å². The van der Waals surface area contributed by atoms with E-state index < -0.39 is 11.9 Å². The van der Waals surface area contributed by atoms with E-state index in [-0.39, 0.29) is 30.7 Å². The highest BCUT2D eigenvalue weighted by Gasteiger charge is 2.22. The normalized spacial score (nSPS) is 11.0. The van der Waals surface area contributed by atoms with Gasteiger partial charge in [-0.15, -0.1) is 0 Å². The first-order chi connectivity index (χ1) is 19.6. The fourth-order valence-corrected chi connectivity index (χ4v) is 3.75. The minimum Gasteiger partial charge on any atom is -0.481 e. The lowest BCUT2D eigenvalue weighted by atomic mass is 9.92. The molecule has 0 aliphatic heterocycles. The maximum atomic E-state index is 12.9. The van der Waals surface area contributed by atoms with Crippen molar-refractivity contribution in [3.05, 3.63) is 84.8 Å². The van der Waals surface area contributed by atoms with Crippen LogP contribution in [0.1, 0.15) is 39.3 Å². The second-order valence-corrected chi connectivity index (χ2v) is 10.3. The topological polar surface area (TPSA) is 147 Å². The molecule has 0 aliphatic rings. The molecule has 0 unspecified atom stereocenters. The van der Waals surface area contributed by atoms with Gasteiger partial charge >= 0.3 is 5.97 Å². The molecule has 0 radical (unpaired) electrons. The fourth-order valence-electron chi connectivity index (χ4n) is 3.75. The first-order valence-corrected chi connectivity index (χ1v) is 13.0. The summed E-state index contributed by atoms with van der Waals surface area (Å²) in [5, 5.41) is 22.3. The minimum atomic E-state index is -1.04. The van der Waals surface area contributed by atoms with Gasteiger partial charge in [0, 0.05) is 41.7 Å². The van der Waals surface area contributed by atoms with E-state index in [9.17, 15) is 14.4 Å². The second-order valence-electron chi connectivity index (χ2n) is 10.3. The summed E-state index contributed by atoms with van der Waals surface area (Å²) in [6.45, 7) is 6.08. The number of carboxylic acid groups (broad SMARTS) is 1. The summed E-state index contributed by atoms with van der Waals surface area (Å²) >= 11 is 0. The number of benzene rings is 2. The van der Waals surface area contributed by atoms with Crippen LogP contribution in [0.25, 0.3) is 5.69 Å². The zero-order chi connectivity index (χ0) is 29.4. The number of hydrogen-bond donors (Lipinski definition) is 4. The summed E-state index contributed by atoms with van der Waals surface area (Å²) in [5.74, 6) is 0.0839. The number of rotatable bonds is 11. The van der Waals surface area contributed by atoms with Crippen LogP contribution in [-0.4, -0.2) is 44.2 Å². The number of nitrogens with one attached hydrogen (secondary N) is 3. The average Bonchev–Trinajstić information content (AvgIpc) is 3.37. The van der Waals surface area contributed by atoms with Crippen LogP contribution in [0.5, 0.6) is 11.5 Å². The maximum Gasteiger partial charge on any atom is 0.303 e. The van der Waals surface area contributed by atoms with Gasteiger partial charge in [0.25, 0.3) is 0 Å². The van der Waals surface area contributed by atoms with E-state index in [0.29, 0.717) is 28.7 Å². The van der Waals surface area contributed by atoms with Crippen LogP contribution in [-0.2, 0) is 19.8 Å². The van der Waals surface area contributed by atoms with Gasteiger partial charge in [-0.3, -0.25) is 19.4 Å². The Morgan fingerprint density at radius 3 is 2.24 bits per heavy atom. The Morgan fingerprint density at radius 1 is 0.854 bits per heavy atom. The molecule has 4 N–H and O–H groups in total. The van der Waals surface area contributed by atoms with Crippen LogP contribution in [0.4, 0.5) is 17.2 Å². The van der Waals surface area contributed by atoms with Gasteiger partial charge in [0.1, 0.15) is 17.3 Å². The quantitative estimate of drug-likeness (QED) is 0.197. The molecule has 4 aromatic rings. The summed E-state index contributed by atoms with van der Waals surface area (Å²) in [6, 6.07) is 19.6. The van der Waals surface area contributed by atoms with Crippen molar-refractivity contribution in [2.24, 2.45) is 0 Å². The number of nitrogens with zero attached hydrogens (tertiary/aromatic N) is 3. The van der Waals surface area contributed by atoms with Gasteiger partial charge in [0.2, 0.25) is 11.8 Å². The number of ether oxygens (including phenoxy) is 1. The molecule has 0 spiro atoms. The standard InChI is InChI=1S/C30H32N6O5/c1-30(2,3)25-18-26(36(35-25)22-6-4-5-21(17-22)33-27(37)11-12-29(39)40)34-28(38)19-32-20-7-9-23(10-8-20)41-24-13-15-31-16-14-24/h4-10,13-18,32H,11-12,19H2,1-3H3,(H,33,37)(H,34,38)(H,39,40). The van der Waals surface area contributed by atoms with Crippen molar-refractivity contribution in [3.63, 3.8) is 0 Å². The molecule has 11 nitrogen and oxygen atoms in total. The summed E-state index contributed by atoms with van der Waals surface area (Å²) in [4.78, 5) is 39.8. The molecule has 11 heteroatoms. The number of carbonyl (C=O) groups is 3. The van der Waals surface area contributed by atoms with Crippen LogP contribution < -0.4 is 20.7 Å². The van der Waals surface area contributed by atoms with Crippen molar-refractivity contribution >= 4 is 35.0 Å². The Hall–Kier alpha value is -5.19. The third kappa shape index (κ3) is 8.40. The maximum absolute atomic E-state index is 12.9. The third-order valence-corrected chi connectivity index (χ3v) is 5.88. The summed E-state index contributed by atoms with van der Waals surface area (Å²) in [5.41, 5.74) is 2.33. The fraction of sp³-hybridized carbons (Fsp3) is 0.233. The molecule has 2 heterocycles. The Bertz CT molecular complexity index is 1510. The van der Waals surface area contributed by atoms with Gasteiger partial charge < -0.3 is 25.8 Å². The molecule has 2 amide bonds. The number of hydrogen-bond acceptors (Lipinski definition) is 7. The molecule has 212 valence electrons. The van der Waals surface area contributed by atoms with E-state index in [1.807, 2.05) is 39.0 Å². The van der Waals surface area contributed by atoms with Gasteiger partial charge in [-0.05, 0) is 54.6 Å². The van der Waals surface area contributed by atoms with Crippen molar-refractivity contribution in [2.75, 3.05) is 22.5 Å². The predicted octanol–water partition coefficient (Wildman–Crippen LogP) is 5.21. The Labute approximate surface area is 237 Å². The average molecular weight is 557 g/mol. The van der Waals surface area contributed by atoms with Gasteiger partial charge in [0.15, 0.2) is 0 Å². The van der Waals surface area contributed by atoms with Crippen molar-refractivity contribution < 1.29 is 24.2 Å². The minimum absolute atomic E-state index is 0.0142. The molecule has 0 fully saturated rings. The predicted molar refractivity (Wildman–Crippen MR) is 156 cm³/mol. The van der Waals surface area contributed by atoms with Crippen LogP contribution in [0.2, 0.25) is 0 Å². The molecule has 0 atom stereocenters. The molecule has 0 saturated heterocycles. The molecule has 2 aromatic carbocycles. The number of carbonyl (C=O) groups excluding carboxylic acids is 2. The molecule has 41 heavy (non-hydrogen) atoms. The molecule has 0 aliphatic carbocycles. The Kier molecular flexibility index (Phi) is 8.98. The number of anilines is 3. The summed E-state index contributed by atoms with van der Waals surface area (Å²) in [7, 11) is 0. The van der Waals surface area contributed by atoms with E-state index in [1.165, 1.54) is 0 Å². The molecular weight excluding hydrogens is 524 g/mol. The smallest absolute Gasteiger partial charge is 0.303 e. The molecule has 2 aromatic heterocycles. The van der Waals surface area contributed by atoms with Crippen molar-refractivity contribution in [3.8, 4) is 17.2 Å². The number of aromatic nitrogens is 3. The van der Waals surface area contributed by atoms with Crippen LogP contribution in [0.15, 0.2) is 79.1 Å². The van der Waals surface area contributed by atoms with Crippen LogP contribution >= 0.6 is 0 Å². The zero-order valence-electron chi connectivity index (χ0n) is 23.0. The van der Waals surface area contributed by atoms with Crippen molar-refractivity contribution in [1.82, 2.24) is 14.8 Å². The molecule has 0 bridgehead atoms. The molecular formula is C30H32N6O5. The highest BCUT2D eigenvalue weighted by molar-refractivity contribution is 5.94. The Morgan fingerprint density at radius 2 is 1.56 bits per heavy atom. The van der Waals surface area contributed by atoms with Gasteiger partial charge in [0.05, 0.1) is 24.3 Å². The van der Waals surface area contributed by atoms with Crippen LogP contribution in [0.3, 0.4) is 0 Å². The van der Waals surface area contributed by atoms with E-state index in [0.717, 1.165) is 11.4 Å². The number of carboxylic acids is 1. The van der Waals surface area contributed by atoms with Crippen molar-refractivity contribution in [1.29, 1.82) is 0 Å². The molecule has 0 saturated carbocycles. The SMILES string of the molecule is CC(C)(C)c1cc(NC(=O)CNc2ccc(Oc3ccncc3)cc2)n(-c2cccc(NC(=O)CCC(=O)O)c2)n1. The summed E-state index contributed by atoms with van der Waals surface area (Å²) in [6.07, 6.45) is 2.91.